The van der Waals surface area contributed by atoms with Crippen molar-refractivity contribution in [2.75, 3.05) is 0 Å². The molecule has 0 saturated carbocycles. The zero-order chi connectivity index (χ0) is 20.0. The lowest BCUT2D eigenvalue weighted by Gasteiger charge is -2.12. The third kappa shape index (κ3) is 3.09. The van der Waals surface area contributed by atoms with Crippen molar-refractivity contribution in [2.45, 2.75) is 44.9 Å². The zero-order valence-corrected chi connectivity index (χ0v) is 18.2. The van der Waals surface area contributed by atoms with E-state index in [-0.39, 0.29) is 5.37 Å². The molecule has 146 valence electrons. The molecule has 29 heavy (non-hydrogen) atoms. The number of nitrogens with zero attached hydrogens (tertiary/aromatic N) is 3. The number of nitriles is 1. The van der Waals surface area contributed by atoms with Gasteiger partial charge in [-0.3, -0.25) is 5.43 Å². The number of fused-ring (bicyclic) bond motifs is 1. The average molecular weight is 419 g/mol. The van der Waals surface area contributed by atoms with Gasteiger partial charge in [0.05, 0.1) is 5.56 Å². The molecular formula is C23H22N4S2. The van der Waals surface area contributed by atoms with Gasteiger partial charge >= 0.3 is 0 Å². The van der Waals surface area contributed by atoms with E-state index in [9.17, 15) is 5.26 Å². The highest BCUT2D eigenvalue weighted by Gasteiger charge is 2.28. The van der Waals surface area contributed by atoms with E-state index in [1.807, 2.05) is 18.2 Å². The minimum Gasteiger partial charge on any atom is -0.309 e. The van der Waals surface area contributed by atoms with E-state index < -0.39 is 0 Å². The highest BCUT2D eigenvalue weighted by molar-refractivity contribution is 8.14. The number of aromatic nitrogens is 1. The molecule has 3 heterocycles. The third-order valence-electron chi connectivity index (χ3n) is 5.75. The molecule has 0 radical (unpaired) electrons. The minimum atomic E-state index is 0.0882. The van der Waals surface area contributed by atoms with E-state index in [4.69, 9.17) is 0 Å². The molecule has 2 aromatic heterocycles. The predicted octanol–water partition coefficient (Wildman–Crippen LogP) is 5.60. The summed E-state index contributed by atoms with van der Waals surface area (Å²) in [5, 5.41) is 16.7. The molecular weight excluding hydrogens is 396 g/mol. The molecule has 1 N–H and O–H groups in total. The summed E-state index contributed by atoms with van der Waals surface area (Å²) in [6.45, 7) is 4.29. The van der Waals surface area contributed by atoms with Crippen molar-refractivity contribution in [1.82, 2.24) is 9.99 Å². The van der Waals surface area contributed by atoms with E-state index in [1.165, 1.54) is 40.2 Å². The Kier molecular flexibility index (Phi) is 4.73. The molecule has 1 aromatic carbocycles. The monoisotopic (exact) mass is 418 g/mol. The van der Waals surface area contributed by atoms with Crippen molar-refractivity contribution < 1.29 is 0 Å². The number of hydrogen-bond acceptors (Lipinski definition) is 5. The van der Waals surface area contributed by atoms with Crippen LogP contribution in [-0.4, -0.2) is 9.61 Å². The van der Waals surface area contributed by atoms with E-state index >= 15 is 0 Å². The van der Waals surface area contributed by atoms with Gasteiger partial charge in [-0.1, -0.05) is 42.1 Å². The third-order valence-corrected chi connectivity index (χ3v) is 8.18. The Labute approximate surface area is 179 Å². The van der Waals surface area contributed by atoms with Gasteiger partial charge in [0.1, 0.15) is 21.5 Å². The van der Waals surface area contributed by atoms with Crippen LogP contribution in [0, 0.1) is 25.2 Å². The molecule has 0 spiro atoms. The van der Waals surface area contributed by atoms with Gasteiger partial charge in [-0.15, -0.1) is 11.3 Å². The first-order valence-corrected chi connectivity index (χ1v) is 11.7. The Balaban J connectivity index is 1.50. The van der Waals surface area contributed by atoms with Crippen LogP contribution in [-0.2, 0) is 12.8 Å². The van der Waals surface area contributed by atoms with Gasteiger partial charge in [0.2, 0.25) is 0 Å². The van der Waals surface area contributed by atoms with Gasteiger partial charge < -0.3 is 4.57 Å². The van der Waals surface area contributed by atoms with Gasteiger partial charge in [-0.2, -0.15) is 10.4 Å². The average Bonchev–Trinajstić information content (AvgIpc) is 3.44. The lowest BCUT2D eigenvalue weighted by atomic mass is 9.96. The number of hydrogen-bond donors (Lipinski definition) is 1. The van der Waals surface area contributed by atoms with Crippen molar-refractivity contribution in [2.24, 2.45) is 5.10 Å². The van der Waals surface area contributed by atoms with E-state index in [0.29, 0.717) is 0 Å². The van der Waals surface area contributed by atoms with Crippen molar-refractivity contribution in [3.63, 3.8) is 0 Å². The summed E-state index contributed by atoms with van der Waals surface area (Å²) in [5.74, 6) is 0. The normalized spacial score (nSPS) is 18.1. The van der Waals surface area contributed by atoms with Crippen LogP contribution < -0.4 is 5.43 Å². The number of nitrogens with one attached hydrogen (secondary N) is 1. The number of aryl methyl sites for hydroxylation is 2. The molecule has 6 heteroatoms. The second-order valence-electron chi connectivity index (χ2n) is 7.57. The predicted molar refractivity (Wildman–Crippen MR) is 121 cm³/mol. The van der Waals surface area contributed by atoms with E-state index in [1.54, 1.807) is 23.1 Å². The second-order valence-corrected chi connectivity index (χ2v) is 9.75. The molecule has 0 saturated heterocycles. The summed E-state index contributed by atoms with van der Waals surface area (Å²) in [6.07, 6.45) is 4.56. The minimum absolute atomic E-state index is 0.0882. The fourth-order valence-electron chi connectivity index (χ4n) is 4.32. The second kappa shape index (κ2) is 7.40. The van der Waals surface area contributed by atoms with Crippen molar-refractivity contribution in [1.29, 1.82) is 5.26 Å². The Bertz CT molecular complexity index is 1150. The summed E-state index contributed by atoms with van der Waals surface area (Å²) in [6, 6.07) is 15.0. The van der Waals surface area contributed by atoms with Crippen LogP contribution in [0.4, 0.5) is 0 Å². The Morgan fingerprint density at radius 3 is 2.76 bits per heavy atom. The topological polar surface area (TPSA) is 53.1 Å². The maximum atomic E-state index is 9.89. The van der Waals surface area contributed by atoms with E-state index in [0.717, 1.165) is 34.0 Å². The summed E-state index contributed by atoms with van der Waals surface area (Å²) in [4.78, 5) is 1.40. The summed E-state index contributed by atoms with van der Waals surface area (Å²) < 4.78 is 2.28. The van der Waals surface area contributed by atoms with Crippen LogP contribution in [0.1, 0.15) is 56.7 Å². The van der Waals surface area contributed by atoms with E-state index in [2.05, 4.69) is 53.2 Å². The summed E-state index contributed by atoms with van der Waals surface area (Å²) in [7, 11) is 0. The van der Waals surface area contributed by atoms with Crippen LogP contribution in [0.3, 0.4) is 0 Å². The first kappa shape index (κ1) is 18.5. The largest absolute Gasteiger partial charge is 0.309 e. The number of thiophene rings is 1. The fourth-order valence-corrected chi connectivity index (χ4v) is 6.84. The molecule has 1 atom stereocenters. The smallest absolute Gasteiger partial charge is 0.126 e. The molecule has 3 aromatic rings. The molecule has 0 amide bonds. The van der Waals surface area contributed by atoms with Crippen LogP contribution >= 0.6 is 23.1 Å². The first-order chi connectivity index (χ1) is 14.2. The lowest BCUT2D eigenvalue weighted by Crippen LogP contribution is -2.08. The summed E-state index contributed by atoms with van der Waals surface area (Å²) >= 11 is 3.56. The maximum absolute atomic E-state index is 9.89. The Hall–Kier alpha value is -2.49. The van der Waals surface area contributed by atoms with Gasteiger partial charge in [0, 0.05) is 27.4 Å². The Morgan fingerprint density at radius 1 is 1.17 bits per heavy atom. The van der Waals surface area contributed by atoms with Crippen molar-refractivity contribution in [3.8, 4) is 11.1 Å². The lowest BCUT2D eigenvalue weighted by molar-refractivity contribution is 0.695. The van der Waals surface area contributed by atoms with Gasteiger partial charge in [-0.05, 0) is 51.2 Å². The Morgan fingerprint density at radius 2 is 1.97 bits per heavy atom. The number of benzene rings is 1. The molecule has 1 aliphatic carbocycles. The highest BCUT2D eigenvalue weighted by Crippen LogP contribution is 2.41. The van der Waals surface area contributed by atoms with Crippen LogP contribution in [0.15, 0.2) is 41.5 Å². The fraction of sp³-hybridized carbons (Fsp3) is 0.304. The molecule has 4 nitrogen and oxygen atoms in total. The number of rotatable bonds is 3. The van der Waals surface area contributed by atoms with Crippen LogP contribution in [0.5, 0.6) is 0 Å². The molecule has 0 unspecified atom stereocenters. The van der Waals surface area contributed by atoms with Gasteiger partial charge in [-0.25, -0.2) is 0 Å². The molecule has 0 fully saturated rings. The summed E-state index contributed by atoms with van der Waals surface area (Å²) in [5.41, 5.74) is 10.2. The van der Waals surface area contributed by atoms with Crippen molar-refractivity contribution >= 4 is 28.1 Å². The molecule has 2 aliphatic rings. The first-order valence-electron chi connectivity index (χ1n) is 9.96. The zero-order valence-electron chi connectivity index (χ0n) is 16.5. The number of hydrazone groups is 1. The number of thioether (sulfide) groups is 1. The molecule has 5 rings (SSSR count). The van der Waals surface area contributed by atoms with Gasteiger partial charge in [0.15, 0.2) is 0 Å². The van der Waals surface area contributed by atoms with Crippen LogP contribution in [0.25, 0.3) is 5.00 Å². The highest BCUT2D eigenvalue weighted by atomic mass is 32.2. The molecule has 0 bridgehead atoms. The molecule has 1 aliphatic heterocycles. The SMILES string of the molecule is Cc1cc([C@@H]2NN=C(c3ccccc3)S2)c(C)n1-c1sc2c(c1C#N)CCCC2. The van der Waals surface area contributed by atoms with Crippen LogP contribution in [0.2, 0.25) is 0 Å². The van der Waals surface area contributed by atoms with Gasteiger partial charge in [0.25, 0.3) is 0 Å². The quantitative estimate of drug-likeness (QED) is 0.602. The van der Waals surface area contributed by atoms with Crippen molar-refractivity contribution in [3.05, 3.63) is 74.9 Å². The standard InChI is InChI=1S/C23H22N4S2/c1-14-12-18(22-26-25-21(29-22)16-8-4-3-5-9-16)15(2)27(14)23-19(13-24)17-10-6-7-11-20(17)28-23/h3-5,8-9,12,22,26H,6-7,10-11H2,1-2H3/t22-/m1/s1. The maximum Gasteiger partial charge on any atom is 0.126 e.